The largest absolute Gasteiger partial charge is 0.480 e. The molecule has 1 aliphatic rings. The normalized spacial score (nSPS) is 16.3. The van der Waals surface area contributed by atoms with Gasteiger partial charge in [-0.05, 0) is 32.3 Å². The summed E-state index contributed by atoms with van der Waals surface area (Å²) in [7, 11) is 0. The summed E-state index contributed by atoms with van der Waals surface area (Å²) in [5, 5.41) is 14.2. The number of urea groups is 1. The molecule has 102 valence electrons. The van der Waals surface area contributed by atoms with E-state index in [1.165, 1.54) is 0 Å². The molecule has 19 heavy (non-hydrogen) atoms. The lowest BCUT2D eigenvalue weighted by atomic mass is 9.77. The number of hydrogen-bond acceptors (Lipinski definition) is 4. The summed E-state index contributed by atoms with van der Waals surface area (Å²) in [5.41, 5.74) is -0.410. The molecule has 2 rings (SSSR count). The molecular formula is C12H16N4O3. The standard InChI is InChI=1S/C12H16N4O3/c1-8-13-6-3-9(15-8)7-14-11(19)16-12(10(17)18)4-2-5-12/h3,6H,2,4-5,7H2,1H3,(H,17,18)(H2,14,16,19). The Labute approximate surface area is 110 Å². The van der Waals surface area contributed by atoms with Crippen molar-refractivity contribution >= 4 is 12.0 Å². The van der Waals surface area contributed by atoms with E-state index in [2.05, 4.69) is 20.6 Å². The molecule has 0 aliphatic heterocycles. The van der Waals surface area contributed by atoms with Crippen molar-refractivity contribution in [1.82, 2.24) is 20.6 Å². The van der Waals surface area contributed by atoms with E-state index in [1.807, 2.05) is 0 Å². The van der Waals surface area contributed by atoms with Crippen molar-refractivity contribution in [1.29, 1.82) is 0 Å². The summed E-state index contributed by atoms with van der Waals surface area (Å²) < 4.78 is 0. The Hall–Kier alpha value is -2.18. The van der Waals surface area contributed by atoms with E-state index in [4.69, 9.17) is 5.11 Å². The van der Waals surface area contributed by atoms with Gasteiger partial charge >= 0.3 is 12.0 Å². The Morgan fingerprint density at radius 3 is 2.74 bits per heavy atom. The first kappa shape index (κ1) is 13.3. The number of nitrogens with one attached hydrogen (secondary N) is 2. The van der Waals surface area contributed by atoms with E-state index < -0.39 is 17.5 Å². The average Bonchev–Trinajstić information content (AvgIpc) is 2.31. The SMILES string of the molecule is Cc1nccc(CNC(=O)NC2(C(=O)O)CCC2)n1. The second-order valence-corrected chi connectivity index (χ2v) is 4.64. The fourth-order valence-corrected chi connectivity index (χ4v) is 1.96. The van der Waals surface area contributed by atoms with E-state index in [9.17, 15) is 9.59 Å². The molecule has 0 atom stereocenters. The van der Waals surface area contributed by atoms with Gasteiger partial charge in [0, 0.05) is 6.20 Å². The topological polar surface area (TPSA) is 104 Å². The molecular weight excluding hydrogens is 248 g/mol. The zero-order chi connectivity index (χ0) is 13.9. The Bertz CT molecular complexity index is 500. The van der Waals surface area contributed by atoms with E-state index in [0.717, 1.165) is 6.42 Å². The number of aryl methyl sites for hydroxylation is 1. The third kappa shape index (κ3) is 2.98. The van der Waals surface area contributed by atoms with Gasteiger partial charge in [-0.1, -0.05) is 0 Å². The van der Waals surface area contributed by atoms with Crippen molar-refractivity contribution in [2.45, 2.75) is 38.3 Å². The molecule has 7 heteroatoms. The third-order valence-electron chi connectivity index (χ3n) is 3.23. The van der Waals surface area contributed by atoms with Crippen LogP contribution in [0, 0.1) is 6.92 Å². The molecule has 7 nitrogen and oxygen atoms in total. The van der Waals surface area contributed by atoms with E-state index in [0.29, 0.717) is 24.4 Å². The lowest BCUT2D eigenvalue weighted by Crippen LogP contribution is -2.61. The summed E-state index contributed by atoms with van der Waals surface area (Å²) in [6.45, 7) is 2.00. The smallest absolute Gasteiger partial charge is 0.329 e. The van der Waals surface area contributed by atoms with Gasteiger partial charge in [0.05, 0.1) is 12.2 Å². The molecule has 1 heterocycles. The summed E-state index contributed by atoms with van der Waals surface area (Å²) in [5.74, 6) is -0.354. The van der Waals surface area contributed by atoms with Gasteiger partial charge in [-0.2, -0.15) is 0 Å². The van der Waals surface area contributed by atoms with Gasteiger partial charge in [0.25, 0.3) is 0 Å². The number of rotatable bonds is 4. The van der Waals surface area contributed by atoms with Crippen molar-refractivity contribution in [2.24, 2.45) is 0 Å². The lowest BCUT2D eigenvalue weighted by Gasteiger charge is -2.38. The number of hydrogen-bond donors (Lipinski definition) is 3. The molecule has 1 aromatic heterocycles. The van der Waals surface area contributed by atoms with Gasteiger partial charge in [-0.15, -0.1) is 0 Å². The summed E-state index contributed by atoms with van der Waals surface area (Å²) >= 11 is 0. The van der Waals surface area contributed by atoms with Crippen LogP contribution in [0.4, 0.5) is 4.79 Å². The molecule has 2 amide bonds. The van der Waals surface area contributed by atoms with Crippen LogP contribution in [-0.2, 0) is 11.3 Å². The highest BCUT2D eigenvalue weighted by Crippen LogP contribution is 2.31. The van der Waals surface area contributed by atoms with E-state index in [-0.39, 0.29) is 6.54 Å². The molecule has 0 radical (unpaired) electrons. The van der Waals surface area contributed by atoms with Gasteiger partial charge in [-0.25, -0.2) is 19.6 Å². The van der Waals surface area contributed by atoms with Crippen molar-refractivity contribution in [3.05, 3.63) is 23.8 Å². The second-order valence-electron chi connectivity index (χ2n) is 4.64. The zero-order valence-corrected chi connectivity index (χ0v) is 10.6. The molecule has 0 aromatic carbocycles. The van der Waals surface area contributed by atoms with Crippen molar-refractivity contribution in [3.8, 4) is 0 Å². The first-order valence-corrected chi connectivity index (χ1v) is 6.10. The average molecular weight is 264 g/mol. The van der Waals surface area contributed by atoms with Crippen molar-refractivity contribution in [3.63, 3.8) is 0 Å². The van der Waals surface area contributed by atoms with E-state index >= 15 is 0 Å². The number of carbonyl (C=O) groups excluding carboxylic acids is 1. The minimum atomic E-state index is -1.09. The number of carbonyl (C=O) groups is 2. The minimum absolute atomic E-state index is 0.241. The number of aliphatic carboxylic acids is 1. The van der Waals surface area contributed by atoms with Crippen LogP contribution in [0.3, 0.4) is 0 Å². The molecule has 1 aromatic rings. The van der Waals surface area contributed by atoms with Gasteiger partial charge in [0.1, 0.15) is 11.4 Å². The van der Waals surface area contributed by atoms with Crippen LogP contribution in [0.2, 0.25) is 0 Å². The summed E-state index contributed by atoms with van der Waals surface area (Å²) in [6, 6.07) is 1.21. The van der Waals surface area contributed by atoms with Crippen molar-refractivity contribution < 1.29 is 14.7 Å². The Balaban J connectivity index is 1.86. The van der Waals surface area contributed by atoms with E-state index in [1.54, 1.807) is 19.2 Å². The maximum atomic E-state index is 11.7. The predicted molar refractivity (Wildman–Crippen MR) is 66.4 cm³/mol. The molecule has 1 fully saturated rings. The molecule has 0 bridgehead atoms. The number of amides is 2. The summed E-state index contributed by atoms with van der Waals surface area (Å²) in [6.07, 6.45) is 3.38. The fourth-order valence-electron chi connectivity index (χ4n) is 1.96. The highest BCUT2D eigenvalue weighted by Gasteiger charge is 2.45. The Morgan fingerprint density at radius 1 is 1.47 bits per heavy atom. The molecule has 1 aliphatic carbocycles. The Morgan fingerprint density at radius 2 is 2.21 bits per heavy atom. The number of carboxylic acids is 1. The van der Waals surface area contributed by atoms with Crippen LogP contribution in [0.15, 0.2) is 12.3 Å². The van der Waals surface area contributed by atoms with Crippen LogP contribution >= 0.6 is 0 Å². The monoisotopic (exact) mass is 264 g/mol. The molecule has 0 saturated heterocycles. The molecule has 0 unspecified atom stereocenters. The van der Waals surface area contributed by atoms with Crippen LogP contribution in [0.25, 0.3) is 0 Å². The predicted octanol–water partition coefficient (Wildman–Crippen LogP) is 0.592. The highest BCUT2D eigenvalue weighted by atomic mass is 16.4. The van der Waals surface area contributed by atoms with Crippen LogP contribution < -0.4 is 10.6 Å². The second kappa shape index (κ2) is 5.21. The fraction of sp³-hybridized carbons (Fsp3) is 0.500. The first-order chi connectivity index (χ1) is 9.02. The summed E-state index contributed by atoms with van der Waals surface area (Å²) in [4.78, 5) is 30.9. The number of aromatic nitrogens is 2. The molecule has 1 saturated carbocycles. The molecule has 3 N–H and O–H groups in total. The Kier molecular flexibility index (Phi) is 3.64. The van der Waals surface area contributed by atoms with Gasteiger partial charge in [0.15, 0.2) is 0 Å². The van der Waals surface area contributed by atoms with Crippen molar-refractivity contribution in [2.75, 3.05) is 0 Å². The quantitative estimate of drug-likeness (QED) is 0.738. The van der Waals surface area contributed by atoms with Crippen LogP contribution in [0.1, 0.15) is 30.8 Å². The van der Waals surface area contributed by atoms with Gasteiger partial charge in [-0.3, -0.25) is 0 Å². The van der Waals surface area contributed by atoms with Gasteiger partial charge < -0.3 is 15.7 Å². The first-order valence-electron chi connectivity index (χ1n) is 6.10. The number of carboxylic acid groups (broad SMARTS) is 1. The lowest BCUT2D eigenvalue weighted by molar-refractivity contribution is -0.148. The molecule has 0 spiro atoms. The third-order valence-corrected chi connectivity index (χ3v) is 3.23. The van der Waals surface area contributed by atoms with Gasteiger partial charge in [0.2, 0.25) is 0 Å². The maximum Gasteiger partial charge on any atom is 0.329 e. The van der Waals surface area contributed by atoms with Crippen LogP contribution in [0.5, 0.6) is 0 Å². The maximum absolute atomic E-state index is 11.7. The minimum Gasteiger partial charge on any atom is -0.480 e. The number of nitrogens with zero attached hydrogens (tertiary/aromatic N) is 2. The zero-order valence-electron chi connectivity index (χ0n) is 10.6. The van der Waals surface area contributed by atoms with Crippen LogP contribution in [-0.4, -0.2) is 32.6 Å². The highest BCUT2D eigenvalue weighted by molar-refractivity contribution is 5.87.